The van der Waals surface area contributed by atoms with E-state index in [1.54, 1.807) is 0 Å². The highest BCUT2D eigenvalue weighted by molar-refractivity contribution is 4.90. The lowest BCUT2D eigenvalue weighted by atomic mass is 10.1. The highest BCUT2D eigenvalue weighted by Gasteiger charge is 2.31. The molecule has 3 aliphatic rings. The van der Waals surface area contributed by atoms with Crippen LogP contribution in [0.5, 0.6) is 0 Å². The fourth-order valence-corrected chi connectivity index (χ4v) is 3.43. The standard InChI is InChI=1S/C14H27N3/c1-2-16-7-5-12(9-16)10-17-8-6-14(11-17)15-13-3-4-13/h12-15H,2-11H2,1H3. The number of hydrogen-bond acceptors (Lipinski definition) is 3. The van der Waals surface area contributed by atoms with E-state index in [0.29, 0.717) is 0 Å². The quantitative estimate of drug-likeness (QED) is 0.774. The lowest BCUT2D eigenvalue weighted by molar-refractivity contribution is 0.262. The molecule has 0 spiro atoms. The van der Waals surface area contributed by atoms with Gasteiger partial charge in [-0.05, 0) is 51.2 Å². The van der Waals surface area contributed by atoms with Crippen molar-refractivity contribution in [2.75, 3.05) is 39.3 Å². The molecule has 2 unspecified atom stereocenters. The molecule has 0 aromatic heterocycles. The molecule has 3 heteroatoms. The minimum absolute atomic E-state index is 0.797. The zero-order chi connectivity index (χ0) is 11.7. The Hall–Kier alpha value is -0.120. The fourth-order valence-electron chi connectivity index (χ4n) is 3.43. The number of hydrogen-bond donors (Lipinski definition) is 1. The predicted octanol–water partition coefficient (Wildman–Crippen LogP) is 1.15. The highest BCUT2D eigenvalue weighted by atomic mass is 15.2. The molecule has 0 amide bonds. The van der Waals surface area contributed by atoms with Crippen LogP contribution in [-0.2, 0) is 0 Å². The van der Waals surface area contributed by atoms with E-state index in [-0.39, 0.29) is 0 Å². The molecule has 3 nitrogen and oxygen atoms in total. The summed E-state index contributed by atoms with van der Waals surface area (Å²) in [7, 11) is 0. The summed E-state index contributed by atoms with van der Waals surface area (Å²) in [5.74, 6) is 0.939. The van der Waals surface area contributed by atoms with Gasteiger partial charge in [0.1, 0.15) is 0 Å². The molecule has 2 saturated heterocycles. The number of nitrogens with one attached hydrogen (secondary N) is 1. The summed E-state index contributed by atoms with van der Waals surface area (Å²) in [5, 5.41) is 3.78. The molecule has 17 heavy (non-hydrogen) atoms. The third-order valence-electron chi connectivity index (χ3n) is 4.65. The molecule has 1 N–H and O–H groups in total. The second-order valence-corrected chi connectivity index (χ2v) is 6.23. The minimum atomic E-state index is 0.797. The van der Waals surface area contributed by atoms with Crippen LogP contribution in [0.25, 0.3) is 0 Å². The number of rotatable bonds is 5. The maximum Gasteiger partial charge on any atom is 0.0209 e. The van der Waals surface area contributed by atoms with Crippen molar-refractivity contribution in [2.24, 2.45) is 5.92 Å². The van der Waals surface area contributed by atoms with E-state index in [4.69, 9.17) is 0 Å². The summed E-state index contributed by atoms with van der Waals surface area (Å²) < 4.78 is 0. The second kappa shape index (κ2) is 5.25. The molecule has 98 valence electrons. The molecular weight excluding hydrogens is 210 g/mol. The molecule has 2 atom stereocenters. The van der Waals surface area contributed by atoms with Crippen molar-refractivity contribution in [1.29, 1.82) is 0 Å². The molecule has 2 heterocycles. The van der Waals surface area contributed by atoms with Crippen LogP contribution in [0.1, 0.15) is 32.6 Å². The smallest absolute Gasteiger partial charge is 0.0209 e. The molecule has 3 fully saturated rings. The summed E-state index contributed by atoms with van der Waals surface area (Å²) in [6, 6.07) is 1.67. The molecule has 0 aromatic carbocycles. The molecule has 0 aromatic rings. The Balaban J connectivity index is 1.38. The minimum Gasteiger partial charge on any atom is -0.310 e. The second-order valence-electron chi connectivity index (χ2n) is 6.23. The van der Waals surface area contributed by atoms with Gasteiger partial charge in [-0.15, -0.1) is 0 Å². The number of likely N-dealkylation sites (tertiary alicyclic amines) is 2. The van der Waals surface area contributed by atoms with E-state index in [1.807, 2.05) is 0 Å². The Morgan fingerprint density at radius 2 is 1.76 bits per heavy atom. The van der Waals surface area contributed by atoms with Crippen molar-refractivity contribution in [2.45, 2.75) is 44.7 Å². The van der Waals surface area contributed by atoms with Crippen LogP contribution in [0.3, 0.4) is 0 Å². The van der Waals surface area contributed by atoms with Gasteiger partial charge in [0.05, 0.1) is 0 Å². The van der Waals surface area contributed by atoms with Crippen molar-refractivity contribution in [3.8, 4) is 0 Å². The van der Waals surface area contributed by atoms with Gasteiger partial charge in [0.15, 0.2) is 0 Å². The first-order chi connectivity index (χ1) is 8.33. The normalized spacial score (nSPS) is 35.8. The number of nitrogens with zero attached hydrogens (tertiary/aromatic N) is 2. The maximum atomic E-state index is 3.78. The van der Waals surface area contributed by atoms with E-state index in [9.17, 15) is 0 Å². The maximum absolute atomic E-state index is 3.78. The van der Waals surface area contributed by atoms with E-state index >= 15 is 0 Å². The van der Waals surface area contributed by atoms with Crippen LogP contribution in [0.4, 0.5) is 0 Å². The van der Waals surface area contributed by atoms with Gasteiger partial charge in [-0.25, -0.2) is 0 Å². The van der Waals surface area contributed by atoms with Crippen LogP contribution in [0.15, 0.2) is 0 Å². The Morgan fingerprint density at radius 1 is 0.941 bits per heavy atom. The van der Waals surface area contributed by atoms with Crippen molar-refractivity contribution < 1.29 is 0 Å². The first kappa shape index (κ1) is 11.9. The molecule has 3 rings (SSSR count). The lowest BCUT2D eigenvalue weighted by Crippen LogP contribution is -2.35. The SMILES string of the molecule is CCN1CCC(CN2CCC(NC3CC3)C2)C1. The Bertz CT molecular complexity index is 252. The molecular formula is C14H27N3. The largest absolute Gasteiger partial charge is 0.310 e. The van der Waals surface area contributed by atoms with E-state index in [0.717, 1.165) is 18.0 Å². The molecule has 1 aliphatic carbocycles. The summed E-state index contributed by atoms with van der Waals surface area (Å²) in [5.41, 5.74) is 0. The first-order valence-electron chi connectivity index (χ1n) is 7.54. The van der Waals surface area contributed by atoms with E-state index < -0.39 is 0 Å². The van der Waals surface area contributed by atoms with Gasteiger partial charge in [-0.1, -0.05) is 6.92 Å². The zero-order valence-corrected chi connectivity index (χ0v) is 11.2. The average Bonchev–Trinajstić information content (AvgIpc) is 2.86. The molecule has 0 radical (unpaired) electrons. The molecule has 2 aliphatic heterocycles. The van der Waals surface area contributed by atoms with Gasteiger partial charge in [0.25, 0.3) is 0 Å². The van der Waals surface area contributed by atoms with Crippen LogP contribution in [0, 0.1) is 5.92 Å². The van der Waals surface area contributed by atoms with Gasteiger partial charge in [-0.2, -0.15) is 0 Å². The van der Waals surface area contributed by atoms with Crippen LogP contribution >= 0.6 is 0 Å². The predicted molar refractivity (Wildman–Crippen MR) is 71.2 cm³/mol. The van der Waals surface area contributed by atoms with Crippen LogP contribution < -0.4 is 5.32 Å². The van der Waals surface area contributed by atoms with E-state index in [2.05, 4.69) is 22.0 Å². The lowest BCUT2D eigenvalue weighted by Gasteiger charge is -2.21. The Labute approximate surface area is 106 Å². The summed E-state index contributed by atoms with van der Waals surface area (Å²) in [6.45, 7) is 10.2. The van der Waals surface area contributed by atoms with Crippen molar-refractivity contribution in [3.63, 3.8) is 0 Å². The van der Waals surface area contributed by atoms with Gasteiger partial charge in [-0.3, -0.25) is 0 Å². The fraction of sp³-hybridized carbons (Fsp3) is 1.00. The third-order valence-corrected chi connectivity index (χ3v) is 4.65. The summed E-state index contributed by atoms with van der Waals surface area (Å²) in [4.78, 5) is 5.30. The van der Waals surface area contributed by atoms with Gasteiger partial charge < -0.3 is 15.1 Å². The monoisotopic (exact) mass is 237 g/mol. The highest BCUT2D eigenvalue weighted by Crippen LogP contribution is 2.23. The van der Waals surface area contributed by atoms with Crippen LogP contribution in [-0.4, -0.2) is 61.2 Å². The Kier molecular flexibility index (Phi) is 3.69. The topological polar surface area (TPSA) is 18.5 Å². The third kappa shape index (κ3) is 3.21. The van der Waals surface area contributed by atoms with Gasteiger partial charge in [0.2, 0.25) is 0 Å². The zero-order valence-electron chi connectivity index (χ0n) is 11.2. The van der Waals surface area contributed by atoms with E-state index in [1.165, 1.54) is 65.0 Å². The molecule has 1 saturated carbocycles. The average molecular weight is 237 g/mol. The van der Waals surface area contributed by atoms with Crippen molar-refractivity contribution >= 4 is 0 Å². The van der Waals surface area contributed by atoms with Crippen molar-refractivity contribution in [3.05, 3.63) is 0 Å². The molecule has 0 bridgehead atoms. The Morgan fingerprint density at radius 3 is 2.47 bits per heavy atom. The van der Waals surface area contributed by atoms with Gasteiger partial charge >= 0.3 is 0 Å². The summed E-state index contributed by atoms with van der Waals surface area (Å²) >= 11 is 0. The van der Waals surface area contributed by atoms with Crippen LogP contribution in [0.2, 0.25) is 0 Å². The first-order valence-corrected chi connectivity index (χ1v) is 7.54. The van der Waals surface area contributed by atoms with Crippen molar-refractivity contribution in [1.82, 2.24) is 15.1 Å². The summed E-state index contributed by atoms with van der Waals surface area (Å²) in [6.07, 6.45) is 5.64. The van der Waals surface area contributed by atoms with Gasteiger partial charge in [0, 0.05) is 31.7 Å².